The van der Waals surface area contributed by atoms with Gasteiger partial charge in [-0.25, -0.2) is 0 Å². The van der Waals surface area contributed by atoms with E-state index in [2.05, 4.69) is 41.7 Å². The summed E-state index contributed by atoms with van der Waals surface area (Å²) in [5, 5.41) is 6.19. The SMILES string of the molecule is Br.COc1ccc(CNC2CCCC2)c2ccccc12. The molecule has 108 valence electrons. The Morgan fingerprint density at radius 1 is 1.05 bits per heavy atom. The fourth-order valence-corrected chi connectivity index (χ4v) is 3.05. The van der Waals surface area contributed by atoms with Crippen molar-refractivity contribution < 1.29 is 4.74 Å². The maximum atomic E-state index is 5.44. The van der Waals surface area contributed by atoms with Crippen LogP contribution in [-0.4, -0.2) is 13.2 Å². The molecule has 0 radical (unpaired) electrons. The molecule has 2 aromatic carbocycles. The van der Waals surface area contributed by atoms with E-state index >= 15 is 0 Å². The third kappa shape index (κ3) is 3.15. The number of benzene rings is 2. The molecule has 0 saturated heterocycles. The van der Waals surface area contributed by atoms with Gasteiger partial charge in [0.05, 0.1) is 7.11 Å². The summed E-state index contributed by atoms with van der Waals surface area (Å²) in [6, 6.07) is 13.5. The third-order valence-electron chi connectivity index (χ3n) is 4.13. The number of hydrogen-bond donors (Lipinski definition) is 1. The van der Waals surface area contributed by atoms with Crippen LogP contribution in [0.3, 0.4) is 0 Å². The maximum Gasteiger partial charge on any atom is 0.126 e. The summed E-state index contributed by atoms with van der Waals surface area (Å²) >= 11 is 0. The van der Waals surface area contributed by atoms with Crippen molar-refractivity contribution in [3.05, 3.63) is 42.0 Å². The molecule has 1 aliphatic rings. The van der Waals surface area contributed by atoms with E-state index in [-0.39, 0.29) is 17.0 Å². The lowest BCUT2D eigenvalue weighted by Crippen LogP contribution is -2.25. The third-order valence-corrected chi connectivity index (χ3v) is 4.13. The quantitative estimate of drug-likeness (QED) is 0.890. The van der Waals surface area contributed by atoms with Crippen LogP contribution < -0.4 is 10.1 Å². The van der Waals surface area contributed by atoms with Crippen molar-refractivity contribution in [2.75, 3.05) is 7.11 Å². The monoisotopic (exact) mass is 335 g/mol. The second-order valence-corrected chi connectivity index (χ2v) is 5.33. The van der Waals surface area contributed by atoms with Crippen molar-refractivity contribution in [1.82, 2.24) is 5.32 Å². The molecular formula is C17H22BrNO. The van der Waals surface area contributed by atoms with Gasteiger partial charge in [-0.15, -0.1) is 17.0 Å². The van der Waals surface area contributed by atoms with Crippen LogP contribution >= 0.6 is 17.0 Å². The fraction of sp³-hybridized carbons (Fsp3) is 0.412. The summed E-state index contributed by atoms with van der Waals surface area (Å²) in [6.07, 6.45) is 5.41. The number of fused-ring (bicyclic) bond motifs is 1. The lowest BCUT2D eigenvalue weighted by molar-refractivity contribution is 0.419. The van der Waals surface area contributed by atoms with Gasteiger partial charge in [-0.05, 0) is 29.9 Å². The van der Waals surface area contributed by atoms with Crippen LogP contribution in [0, 0.1) is 0 Å². The molecule has 0 aromatic heterocycles. The molecule has 20 heavy (non-hydrogen) atoms. The fourth-order valence-electron chi connectivity index (χ4n) is 3.05. The van der Waals surface area contributed by atoms with Crippen molar-refractivity contribution in [2.24, 2.45) is 0 Å². The maximum absolute atomic E-state index is 5.44. The van der Waals surface area contributed by atoms with Gasteiger partial charge >= 0.3 is 0 Å². The molecule has 2 nitrogen and oxygen atoms in total. The molecule has 0 spiro atoms. The summed E-state index contributed by atoms with van der Waals surface area (Å²) in [5.74, 6) is 0.959. The van der Waals surface area contributed by atoms with Gasteiger partial charge in [0.1, 0.15) is 5.75 Å². The number of methoxy groups -OCH3 is 1. The predicted octanol–water partition coefficient (Wildman–Crippen LogP) is 4.46. The predicted molar refractivity (Wildman–Crippen MR) is 89.9 cm³/mol. The zero-order valence-corrected chi connectivity index (χ0v) is 13.6. The molecule has 0 aliphatic heterocycles. The zero-order chi connectivity index (χ0) is 13.1. The summed E-state index contributed by atoms with van der Waals surface area (Å²) < 4.78 is 5.44. The van der Waals surface area contributed by atoms with Crippen LogP contribution in [0.15, 0.2) is 36.4 Å². The van der Waals surface area contributed by atoms with Gasteiger partial charge in [0, 0.05) is 18.0 Å². The minimum absolute atomic E-state index is 0. The Balaban J connectivity index is 0.00000147. The lowest BCUT2D eigenvalue weighted by atomic mass is 10.0. The highest BCUT2D eigenvalue weighted by molar-refractivity contribution is 8.93. The normalized spacial score (nSPS) is 15.2. The van der Waals surface area contributed by atoms with Gasteiger partial charge in [-0.1, -0.05) is 43.2 Å². The van der Waals surface area contributed by atoms with Crippen molar-refractivity contribution in [2.45, 2.75) is 38.3 Å². The van der Waals surface area contributed by atoms with E-state index in [1.54, 1.807) is 7.11 Å². The van der Waals surface area contributed by atoms with Gasteiger partial charge in [-0.2, -0.15) is 0 Å². The molecular weight excluding hydrogens is 314 g/mol. The van der Waals surface area contributed by atoms with Crippen molar-refractivity contribution in [1.29, 1.82) is 0 Å². The van der Waals surface area contributed by atoms with Crippen LogP contribution in [0.1, 0.15) is 31.2 Å². The number of halogens is 1. The first kappa shape index (κ1) is 15.3. The number of ether oxygens (including phenoxy) is 1. The first-order valence-corrected chi connectivity index (χ1v) is 7.16. The topological polar surface area (TPSA) is 21.3 Å². The molecule has 3 rings (SSSR count). The van der Waals surface area contributed by atoms with Gasteiger partial charge in [0.15, 0.2) is 0 Å². The molecule has 2 aromatic rings. The molecule has 0 bridgehead atoms. The molecule has 0 unspecified atom stereocenters. The van der Waals surface area contributed by atoms with E-state index in [4.69, 9.17) is 4.74 Å². The summed E-state index contributed by atoms with van der Waals surface area (Å²) in [6.45, 7) is 0.954. The Morgan fingerprint density at radius 2 is 1.75 bits per heavy atom. The second kappa shape index (κ2) is 7.09. The minimum atomic E-state index is 0. The Labute approximate surface area is 131 Å². The lowest BCUT2D eigenvalue weighted by Gasteiger charge is -2.14. The molecule has 0 atom stereocenters. The number of hydrogen-bond acceptors (Lipinski definition) is 2. The Morgan fingerprint density at radius 3 is 2.45 bits per heavy atom. The standard InChI is InChI=1S/C17H21NO.BrH/c1-19-17-11-10-13(12-18-14-6-2-3-7-14)15-8-4-5-9-16(15)17;/h4-5,8-11,14,18H,2-3,6-7,12H2,1H3;1H. The highest BCUT2D eigenvalue weighted by Gasteiger charge is 2.14. The smallest absolute Gasteiger partial charge is 0.126 e. The van der Waals surface area contributed by atoms with E-state index < -0.39 is 0 Å². The Bertz CT molecular complexity index is 564. The highest BCUT2D eigenvalue weighted by atomic mass is 79.9. The highest BCUT2D eigenvalue weighted by Crippen LogP contribution is 2.28. The van der Waals surface area contributed by atoms with Gasteiger partial charge in [-0.3, -0.25) is 0 Å². The molecule has 1 N–H and O–H groups in total. The van der Waals surface area contributed by atoms with Crippen LogP contribution in [0.25, 0.3) is 10.8 Å². The molecule has 3 heteroatoms. The first-order valence-electron chi connectivity index (χ1n) is 7.16. The average Bonchev–Trinajstić information content (AvgIpc) is 2.98. The van der Waals surface area contributed by atoms with Gasteiger partial charge < -0.3 is 10.1 Å². The Kier molecular flexibility index (Phi) is 5.44. The minimum Gasteiger partial charge on any atom is -0.496 e. The second-order valence-electron chi connectivity index (χ2n) is 5.33. The number of rotatable bonds is 4. The van der Waals surface area contributed by atoms with Crippen LogP contribution in [0.2, 0.25) is 0 Å². The zero-order valence-electron chi connectivity index (χ0n) is 11.9. The molecule has 1 aliphatic carbocycles. The summed E-state index contributed by atoms with van der Waals surface area (Å²) in [7, 11) is 1.73. The van der Waals surface area contributed by atoms with Crippen molar-refractivity contribution >= 4 is 27.8 Å². The molecule has 0 heterocycles. The van der Waals surface area contributed by atoms with Crippen LogP contribution in [0.5, 0.6) is 5.75 Å². The van der Waals surface area contributed by atoms with E-state index in [1.165, 1.54) is 42.0 Å². The van der Waals surface area contributed by atoms with Crippen LogP contribution in [-0.2, 0) is 6.54 Å². The average molecular weight is 336 g/mol. The van der Waals surface area contributed by atoms with E-state index in [0.29, 0.717) is 6.04 Å². The number of nitrogens with one attached hydrogen (secondary N) is 1. The molecule has 1 fully saturated rings. The van der Waals surface area contributed by atoms with Crippen molar-refractivity contribution in [3.63, 3.8) is 0 Å². The van der Waals surface area contributed by atoms with Crippen molar-refractivity contribution in [3.8, 4) is 5.75 Å². The van der Waals surface area contributed by atoms with Gasteiger partial charge in [0.25, 0.3) is 0 Å². The van der Waals surface area contributed by atoms with E-state index in [1.807, 2.05) is 0 Å². The van der Waals surface area contributed by atoms with E-state index in [9.17, 15) is 0 Å². The molecule has 1 saturated carbocycles. The van der Waals surface area contributed by atoms with Crippen LogP contribution in [0.4, 0.5) is 0 Å². The van der Waals surface area contributed by atoms with Gasteiger partial charge in [0.2, 0.25) is 0 Å². The first-order chi connectivity index (χ1) is 9.38. The van der Waals surface area contributed by atoms with E-state index in [0.717, 1.165) is 12.3 Å². The Hall–Kier alpha value is -1.06. The molecule has 0 amide bonds. The largest absolute Gasteiger partial charge is 0.496 e. The summed E-state index contributed by atoms with van der Waals surface area (Å²) in [5.41, 5.74) is 1.36. The summed E-state index contributed by atoms with van der Waals surface area (Å²) in [4.78, 5) is 0.